The molecule has 0 amide bonds. The summed E-state index contributed by atoms with van der Waals surface area (Å²) in [7, 11) is 0. The van der Waals surface area contributed by atoms with Crippen LogP contribution in [0.3, 0.4) is 0 Å². The van der Waals surface area contributed by atoms with Crippen molar-refractivity contribution in [1.82, 2.24) is 0 Å². The highest BCUT2D eigenvalue weighted by molar-refractivity contribution is 6.26. The Morgan fingerprint density at radius 2 is 1.40 bits per heavy atom. The zero-order chi connectivity index (χ0) is 26.4. The summed E-state index contributed by atoms with van der Waals surface area (Å²) in [6.45, 7) is 5.94. The van der Waals surface area contributed by atoms with Crippen molar-refractivity contribution < 1.29 is 34.8 Å². The van der Waals surface area contributed by atoms with Crippen LogP contribution in [0.25, 0.3) is 0 Å². The van der Waals surface area contributed by atoms with Gasteiger partial charge < -0.3 is 20.4 Å². The van der Waals surface area contributed by atoms with Crippen molar-refractivity contribution in [3.63, 3.8) is 0 Å². The van der Waals surface area contributed by atoms with Gasteiger partial charge in [-0.15, -0.1) is 0 Å². The lowest BCUT2D eigenvalue weighted by atomic mass is 9.85. The number of aliphatic hydroxyl groups is 1. The molecular formula is C28H40O7. The van der Waals surface area contributed by atoms with E-state index >= 15 is 0 Å². The third kappa shape index (κ3) is 10.5. The van der Waals surface area contributed by atoms with Gasteiger partial charge in [0, 0.05) is 12.0 Å². The summed E-state index contributed by atoms with van der Waals surface area (Å²) >= 11 is 0. The molecule has 0 aromatic heterocycles. The maximum atomic E-state index is 12.3. The van der Waals surface area contributed by atoms with Gasteiger partial charge in [-0.3, -0.25) is 14.4 Å². The molecule has 0 unspecified atom stereocenters. The Bertz CT molecular complexity index is 923. The van der Waals surface area contributed by atoms with Crippen LogP contribution in [0.4, 0.5) is 0 Å². The van der Waals surface area contributed by atoms with Crippen molar-refractivity contribution in [3.8, 4) is 11.5 Å². The Labute approximate surface area is 208 Å². The zero-order valence-electron chi connectivity index (χ0n) is 21.2. The fourth-order valence-corrected chi connectivity index (χ4v) is 3.79. The molecule has 0 saturated carbocycles. The largest absolute Gasteiger partial charge is 0.507 e. The average Bonchev–Trinajstić information content (AvgIpc) is 2.80. The molecule has 194 valence electrons. The van der Waals surface area contributed by atoms with Crippen LogP contribution in [0.5, 0.6) is 11.5 Å². The summed E-state index contributed by atoms with van der Waals surface area (Å²) in [5.74, 6) is -2.67. The Balaban J connectivity index is 0.000000383. The first-order valence-electron chi connectivity index (χ1n) is 12.5. The van der Waals surface area contributed by atoms with Gasteiger partial charge in [0.1, 0.15) is 11.5 Å². The lowest BCUT2D eigenvalue weighted by molar-refractivity contribution is -0.137. The Morgan fingerprint density at radius 3 is 1.91 bits per heavy atom. The van der Waals surface area contributed by atoms with Crippen LogP contribution in [0, 0.1) is 0 Å². The third-order valence-corrected chi connectivity index (χ3v) is 5.79. The van der Waals surface area contributed by atoms with E-state index in [1.165, 1.54) is 44.9 Å². The predicted octanol–water partition coefficient (Wildman–Crippen LogP) is 6.11. The van der Waals surface area contributed by atoms with Gasteiger partial charge in [-0.1, -0.05) is 69.9 Å². The number of hydrogen-bond acceptors (Lipinski definition) is 6. The summed E-state index contributed by atoms with van der Waals surface area (Å²) in [5, 5.41) is 37.9. The van der Waals surface area contributed by atoms with Gasteiger partial charge in [0.25, 0.3) is 0 Å². The van der Waals surface area contributed by atoms with Crippen molar-refractivity contribution in [2.45, 2.75) is 97.5 Å². The highest BCUT2D eigenvalue weighted by atomic mass is 16.4. The molecular weight excluding hydrogens is 448 g/mol. The highest BCUT2D eigenvalue weighted by Crippen LogP contribution is 2.35. The smallest absolute Gasteiger partial charge is 0.303 e. The van der Waals surface area contributed by atoms with E-state index in [1.807, 2.05) is 13.8 Å². The number of hydrogen-bond donors (Lipinski definition) is 4. The normalized spacial score (nSPS) is 13.3. The van der Waals surface area contributed by atoms with Crippen molar-refractivity contribution in [3.05, 3.63) is 46.6 Å². The topological polar surface area (TPSA) is 132 Å². The number of unbranched alkanes of at least 4 members (excludes halogenated alkanes) is 8. The lowest BCUT2D eigenvalue weighted by Gasteiger charge is -2.20. The number of ketones is 2. The SMILES string of the molecule is CC(C)=CC[C@@H](O)C1=CC(=O)c2c(O)ccc(O)c2C1=O.CCCCCCCCCCCC(=O)O. The summed E-state index contributed by atoms with van der Waals surface area (Å²) in [4.78, 5) is 34.6. The van der Waals surface area contributed by atoms with Crippen molar-refractivity contribution in [2.75, 3.05) is 0 Å². The number of carbonyl (C=O) groups excluding carboxylic acids is 2. The lowest BCUT2D eigenvalue weighted by Crippen LogP contribution is -2.25. The number of aromatic hydroxyl groups is 2. The first-order chi connectivity index (χ1) is 16.6. The van der Waals surface area contributed by atoms with Gasteiger partial charge in [-0.05, 0) is 44.9 Å². The van der Waals surface area contributed by atoms with E-state index in [9.17, 15) is 29.7 Å². The van der Waals surface area contributed by atoms with E-state index in [2.05, 4.69) is 6.92 Å². The Kier molecular flexibility index (Phi) is 13.7. The van der Waals surface area contributed by atoms with E-state index in [0.29, 0.717) is 6.42 Å². The number of carboxylic acid groups (broad SMARTS) is 1. The summed E-state index contributed by atoms with van der Waals surface area (Å²) in [6.07, 6.45) is 13.3. The first-order valence-corrected chi connectivity index (χ1v) is 12.5. The van der Waals surface area contributed by atoms with Crippen molar-refractivity contribution in [2.24, 2.45) is 0 Å². The summed E-state index contributed by atoms with van der Waals surface area (Å²) in [6, 6.07) is 2.29. The standard InChI is InChI=1S/C16H16O5.C12H24O2/c1-8(2)3-4-10(17)9-7-13(20)14-11(18)5-6-12(19)15(14)16(9)21;1-2-3-4-5-6-7-8-9-10-11-12(13)14/h3,5-7,10,17-19H,4H2,1-2H3;2-11H2,1H3,(H,13,14)/t10-;/m1./s1. The molecule has 0 heterocycles. The Morgan fingerprint density at radius 1 is 0.886 bits per heavy atom. The van der Waals surface area contributed by atoms with Crippen LogP contribution in [0.1, 0.15) is 112 Å². The molecule has 0 spiro atoms. The molecule has 35 heavy (non-hydrogen) atoms. The number of allylic oxidation sites excluding steroid dienone is 2. The summed E-state index contributed by atoms with van der Waals surface area (Å²) < 4.78 is 0. The number of rotatable bonds is 13. The molecule has 1 aliphatic carbocycles. The van der Waals surface area contributed by atoms with Gasteiger partial charge in [0.05, 0.1) is 17.2 Å². The van der Waals surface area contributed by atoms with Gasteiger partial charge in [0.15, 0.2) is 11.6 Å². The minimum atomic E-state index is -1.13. The second kappa shape index (κ2) is 15.9. The molecule has 0 radical (unpaired) electrons. The molecule has 7 nitrogen and oxygen atoms in total. The number of phenolic OH excluding ortho intramolecular Hbond substituents is 2. The van der Waals surface area contributed by atoms with E-state index in [1.54, 1.807) is 6.08 Å². The average molecular weight is 489 g/mol. The number of aliphatic hydroxyl groups excluding tert-OH is 1. The monoisotopic (exact) mass is 488 g/mol. The van der Waals surface area contributed by atoms with Gasteiger partial charge in [0.2, 0.25) is 0 Å². The van der Waals surface area contributed by atoms with E-state index < -0.39 is 23.6 Å². The molecule has 4 N–H and O–H groups in total. The molecule has 1 aromatic carbocycles. The van der Waals surface area contributed by atoms with Crippen LogP contribution >= 0.6 is 0 Å². The number of carbonyl (C=O) groups is 3. The minimum absolute atomic E-state index is 0.0779. The number of Topliss-reactive ketones (excluding diaryl/α,β-unsaturated/α-hetero) is 1. The van der Waals surface area contributed by atoms with E-state index in [4.69, 9.17) is 5.11 Å². The van der Waals surface area contributed by atoms with Crippen molar-refractivity contribution in [1.29, 1.82) is 0 Å². The van der Waals surface area contributed by atoms with Gasteiger partial charge in [-0.2, -0.15) is 0 Å². The number of aliphatic carboxylic acids is 1. The Hall–Kier alpha value is -2.93. The number of benzene rings is 1. The first kappa shape index (κ1) is 30.1. The highest BCUT2D eigenvalue weighted by Gasteiger charge is 2.33. The molecule has 0 saturated heterocycles. The fraction of sp³-hybridized carbons (Fsp3) is 0.536. The van der Waals surface area contributed by atoms with Crippen molar-refractivity contribution >= 4 is 17.5 Å². The van der Waals surface area contributed by atoms with Crippen LogP contribution in [-0.4, -0.2) is 44.1 Å². The maximum absolute atomic E-state index is 12.3. The van der Waals surface area contributed by atoms with Crippen LogP contribution in [0.15, 0.2) is 35.4 Å². The summed E-state index contributed by atoms with van der Waals surface area (Å²) in [5.41, 5.74) is 0.419. The second-order valence-electron chi connectivity index (χ2n) is 9.15. The minimum Gasteiger partial charge on any atom is -0.507 e. The quantitative estimate of drug-likeness (QED) is 0.149. The number of carboxylic acids is 1. The van der Waals surface area contributed by atoms with Gasteiger partial charge >= 0.3 is 5.97 Å². The predicted molar refractivity (Wildman–Crippen MR) is 136 cm³/mol. The van der Waals surface area contributed by atoms with Crippen LogP contribution < -0.4 is 0 Å². The van der Waals surface area contributed by atoms with Crippen LogP contribution in [0.2, 0.25) is 0 Å². The van der Waals surface area contributed by atoms with E-state index in [-0.39, 0.29) is 34.6 Å². The molecule has 1 atom stereocenters. The molecule has 0 fully saturated rings. The second-order valence-corrected chi connectivity index (χ2v) is 9.15. The number of phenols is 2. The molecule has 2 rings (SSSR count). The molecule has 1 aliphatic rings. The molecule has 7 heteroatoms. The van der Waals surface area contributed by atoms with Crippen LogP contribution in [-0.2, 0) is 4.79 Å². The molecule has 0 aliphatic heterocycles. The number of fused-ring (bicyclic) bond motifs is 1. The zero-order valence-corrected chi connectivity index (χ0v) is 21.2. The third-order valence-electron chi connectivity index (χ3n) is 5.79. The fourth-order valence-electron chi connectivity index (χ4n) is 3.79. The maximum Gasteiger partial charge on any atom is 0.303 e. The van der Waals surface area contributed by atoms with Gasteiger partial charge in [-0.25, -0.2) is 0 Å². The van der Waals surface area contributed by atoms with E-state index in [0.717, 1.165) is 36.6 Å². The molecule has 0 bridgehead atoms. The molecule has 1 aromatic rings.